The van der Waals surface area contributed by atoms with Crippen molar-refractivity contribution >= 4 is 5.82 Å². The zero-order valence-corrected chi connectivity index (χ0v) is 11.7. The topological polar surface area (TPSA) is 60.0 Å². The van der Waals surface area contributed by atoms with Gasteiger partial charge in [0.25, 0.3) is 0 Å². The maximum atomic E-state index is 5.75. The first kappa shape index (κ1) is 13.1. The Hall–Kier alpha value is -1.88. The van der Waals surface area contributed by atoms with Crippen LogP contribution in [0.2, 0.25) is 0 Å². The molecule has 0 atom stereocenters. The number of imidazole rings is 1. The van der Waals surface area contributed by atoms with E-state index in [1.54, 1.807) is 6.20 Å². The van der Waals surface area contributed by atoms with Crippen molar-refractivity contribution in [3.05, 3.63) is 30.9 Å². The third kappa shape index (κ3) is 2.99. The Kier molecular flexibility index (Phi) is 3.97. The van der Waals surface area contributed by atoms with E-state index in [0.717, 1.165) is 24.2 Å². The van der Waals surface area contributed by atoms with E-state index in [-0.39, 0.29) is 0 Å². The summed E-state index contributed by atoms with van der Waals surface area (Å²) >= 11 is 0. The molecule has 2 aromatic rings. The zero-order valence-electron chi connectivity index (χ0n) is 11.7. The SMILES string of the molecule is Nc1cc(-c2cncn2CCCN2CCCC2)ccn1. The molecule has 1 aliphatic heterocycles. The van der Waals surface area contributed by atoms with Crippen LogP contribution in [0, 0.1) is 0 Å². The fourth-order valence-corrected chi connectivity index (χ4v) is 2.82. The van der Waals surface area contributed by atoms with Gasteiger partial charge in [-0.15, -0.1) is 0 Å². The van der Waals surface area contributed by atoms with Gasteiger partial charge < -0.3 is 15.2 Å². The molecule has 5 heteroatoms. The molecule has 5 nitrogen and oxygen atoms in total. The molecule has 0 saturated carbocycles. The third-order valence-corrected chi connectivity index (χ3v) is 3.86. The van der Waals surface area contributed by atoms with Gasteiger partial charge in [0.1, 0.15) is 5.82 Å². The van der Waals surface area contributed by atoms with Crippen LogP contribution in [0.3, 0.4) is 0 Å². The Morgan fingerprint density at radius 1 is 1.20 bits per heavy atom. The molecule has 1 saturated heterocycles. The molecule has 0 bridgehead atoms. The minimum absolute atomic E-state index is 0.548. The summed E-state index contributed by atoms with van der Waals surface area (Å²) < 4.78 is 2.20. The lowest BCUT2D eigenvalue weighted by atomic mass is 10.2. The van der Waals surface area contributed by atoms with Gasteiger partial charge in [-0.1, -0.05) is 0 Å². The number of nitrogens with two attached hydrogens (primary N) is 1. The van der Waals surface area contributed by atoms with Crippen LogP contribution in [0.5, 0.6) is 0 Å². The first-order valence-electron chi connectivity index (χ1n) is 7.27. The Labute approximate surface area is 119 Å². The normalized spacial score (nSPS) is 15.8. The fraction of sp³-hybridized carbons (Fsp3) is 0.467. The molecule has 2 aromatic heterocycles. The van der Waals surface area contributed by atoms with Gasteiger partial charge >= 0.3 is 0 Å². The van der Waals surface area contributed by atoms with Crippen molar-refractivity contribution in [3.63, 3.8) is 0 Å². The van der Waals surface area contributed by atoms with E-state index >= 15 is 0 Å². The van der Waals surface area contributed by atoms with E-state index < -0.39 is 0 Å². The highest BCUT2D eigenvalue weighted by atomic mass is 15.1. The van der Waals surface area contributed by atoms with Gasteiger partial charge in [-0.25, -0.2) is 9.97 Å². The van der Waals surface area contributed by atoms with E-state index in [9.17, 15) is 0 Å². The van der Waals surface area contributed by atoms with Crippen molar-refractivity contribution in [1.29, 1.82) is 0 Å². The van der Waals surface area contributed by atoms with Crippen molar-refractivity contribution in [3.8, 4) is 11.3 Å². The van der Waals surface area contributed by atoms with E-state index in [4.69, 9.17) is 5.73 Å². The smallest absolute Gasteiger partial charge is 0.123 e. The van der Waals surface area contributed by atoms with Crippen LogP contribution in [-0.2, 0) is 6.54 Å². The van der Waals surface area contributed by atoms with Crippen LogP contribution < -0.4 is 5.73 Å². The molecule has 1 aliphatic rings. The number of aryl methyl sites for hydroxylation is 1. The third-order valence-electron chi connectivity index (χ3n) is 3.86. The summed E-state index contributed by atoms with van der Waals surface area (Å²) in [4.78, 5) is 10.8. The van der Waals surface area contributed by atoms with Crippen molar-refractivity contribution < 1.29 is 0 Å². The van der Waals surface area contributed by atoms with Gasteiger partial charge in [0.05, 0.1) is 18.2 Å². The van der Waals surface area contributed by atoms with Crippen molar-refractivity contribution in [2.24, 2.45) is 0 Å². The number of nitrogens with zero attached hydrogens (tertiary/aromatic N) is 4. The van der Waals surface area contributed by atoms with E-state index in [0.29, 0.717) is 5.82 Å². The highest BCUT2D eigenvalue weighted by Gasteiger charge is 2.11. The summed E-state index contributed by atoms with van der Waals surface area (Å²) in [6.45, 7) is 4.69. The minimum atomic E-state index is 0.548. The summed E-state index contributed by atoms with van der Waals surface area (Å²) in [6.07, 6.45) is 9.40. The van der Waals surface area contributed by atoms with Crippen LogP contribution >= 0.6 is 0 Å². The number of aromatic nitrogens is 3. The van der Waals surface area contributed by atoms with Gasteiger partial charge in [-0.2, -0.15) is 0 Å². The Morgan fingerprint density at radius 2 is 2.05 bits per heavy atom. The standard InChI is InChI=1S/C15H21N5/c16-15-10-13(4-5-18-15)14-11-17-12-20(14)9-3-8-19-6-1-2-7-19/h4-5,10-12H,1-3,6-9H2,(H2,16,18). The average Bonchev–Trinajstić information content (AvgIpc) is 3.10. The number of nitrogen functional groups attached to an aromatic ring is 1. The van der Waals surface area contributed by atoms with Crippen LogP contribution in [0.15, 0.2) is 30.9 Å². The van der Waals surface area contributed by atoms with Crippen LogP contribution in [0.25, 0.3) is 11.3 Å². The molecule has 0 spiro atoms. The van der Waals surface area contributed by atoms with Gasteiger partial charge in [0.2, 0.25) is 0 Å². The molecule has 20 heavy (non-hydrogen) atoms. The molecule has 3 rings (SSSR count). The first-order chi connectivity index (χ1) is 9.83. The van der Waals surface area contributed by atoms with E-state index in [1.165, 1.54) is 32.5 Å². The molecule has 0 aromatic carbocycles. The van der Waals surface area contributed by atoms with Gasteiger partial charge in [-0.3, -0.25) is 0 Å². The first-order valence-corrected chi connectivity index (χ1v) is 7.27. The molecule has 2 N–H and O–H groups in total. The van der Waals surface area contributed by atoms with Gasteiger partial charge in [0, 0.05) is 18.3 Å². The highest BCUT2D eigenvalue weighted by molar-refractivity contribution is 5.61. The zero-order chi connectivity index (χ0) is 13.8. The number of hydrogen-bond acceptors (Lipinski definition) is 4. The van der Waals surface area contributed by atoms with Crippen LogP contribution in [-0.4, -0.2) is 39.1 Å². The second kappa shape index (κ2) is 6.05. The monoisotopic (exact) mass is 271 g/mol. The second-order valence-corrected chi connectivity index (χ2v) is 5.34. The fourth-order valence-electron chi connectivity index (χ4n) is 2.82. The second-order valence-electron chi connectivity index (χ2n) is 5.34. The predicted octanol–water partition coefficient (Wildman–Crippen LogP) is 2.01. The van der Waals surface area contributed by atoms with Gasteiger partial charge in [0.15, 0.2) is 0 Å². The van der Waals surface area contributed by atoms with Gasteiger partial charge in [-0.05, 0) is 51.0 Å². The summed E-state index contributed by atoms with van der Waals surface area (Å²) in [5, 5.41) is 0. The molecule has 3 heterocycles. The molecule has 0 amide bonds. The molecular weight excluding hydrogens is 250 g/mol. The number of likely N-dealkylation sites (tertiary alicyclic amines) is 1. The summed E-state index contributed by atoms with van der Waals surface area (Å²) in [7, 11) is 0. The molecule has 0 unspecified atom stereocenters. The quantitative estimate of drug-likeness (QED) is 0.903. The number of anilines is 1. The largest absolute Gasteiger partial charge is 0.384 e. The summed E-state index contributed by atoms with van der Waals surface area (Å²) in [5.74, 6) is 0.548. The lowest BCUT2D eigenvalue weighted by molar-refractivity contribution is 0.325. The Balaban J connectivity index is 1.64. The summed E-state index contributed by atoms with van der Waals surface area (Å²) in [5.41, 5.74) is 7.94. The summed E-state index contributed by atoms with van der Waals surface area (Å²) in [6, 6.07) is 3.87. The molecule has 0 aliphatic carbocycles. The Bertz CT molecular complexity index is 557. The Morgan fingerprint density at radius 3 is 2.85 bits per heavy atom. The molecule has 106 valence electrons. The van der Waals surface area contributed by atoms with Crippen molar-refractivity contribution in [1.82, 2.24) is 19.4 Å². The van der Waals surface area contributed by atoms with Crippen molar-refractivity contribution in [2.45, 2.75) is 25.8 Å². The minimum Gasteiger partial charge on any atom is -0.384 e. The molecule has 0 radical (unpaired) electrons. The highest BCUT2D eigenvalue weighted by Crippen LogP contribution is 2.20. The number of hydrogen-bond donors (Lipinski definition) is 1. The molecule has 1 fully saturated rings. The lowest BCUT2D eigenvalue weighted by Crippen LogP contribution is -2.21. The molecular formula is C15H21N5. The predicted molar refractivity (Wildman–Crippen MR) is 80.2 cm³/mol. The van der Waals surface area contributed by atoms with Crippen molar-refractivity contribution in [2.75, 3.05) is 25.4 Å². The van der Waals surface area contributed by atoms with Crippen LogP contribution in [0.4, 0.5) is 5.82 Å². The number of pyridine rings is 1. The maximum absolute atomic E-state index is 5.75. The van der Waals surface area contributed by atoms with E-state index in [2.05, 4.69) is 19.4 Å². The average molecular weight is 271 g/mol. The maximum Gasteiger partial charge on any atom is 0.123 e. The van der Waals surface area contributed by atoms with Crippen LogP contribution in [0.1, 0.15) is 19.3 Å². The number of rotatable bonds is 5. The van der Waals surface area contributed by atoms with E-state index in [1.807, 2.05) is 24.7 Å². The lowest BCUT2D eigenvalue weighted by Gasteiger charge is -2.15.